The summed E-state index contributed by atoms with van der Waals surface area (Å²) in [6, 6.07) is 8.46. The summed E-state index contributed by atoms with van der Waals surface area (Å²) in [6.07, 6.45) is 12.9. The van der Waals surface area contributed by atoms with Gasteiger partial charge < -0.3 is 10.2 Å². The summed E-state index contributed by atoms with van der Waals surface area (Å²) < 4.78 is 0. The highest BCUT2D eigenvalue weighted by Gasteiger charge is 2.24. The quantitative estimate of drug-likeness (QED) is 0.817. The van der Waals surface area contributed by atoms with E-state index in [-0.39, 0.29) is 5.91 Å². The minimum atomic E-state index is 0.175. The van der Waals surface area contributed by atoms with Gasteiger partial charge in [-0.05, 0) is 43.7 Å². The molecular formula is C21H32N2O. The van der Waals surface area contributed by atoms with Gasteiger partial charge in [0.1, 0.15) is 0 Å². The molecule has 1 aromatic rings. The molecule has 2 aliphatic rings. The number of carbonyl (C=O) groups excluding carboxylic acids is 1. The van der Waals surface area contributed by atoms with Crippen LogP contribution in [0.2, 0.25) is 0 Å². The third-order valence-electron chi connectivity index (χ3n) is 5.91. The monoisotopic (exact) mass is 328 g/mol. The maximum absolute atomic E-state index is 13.0. The molecule has 0 unspecified atom stereocenters. The van der Waals surface area contributed by atoms with Gasteiger partial charge in [0.05, 0.1) is 5.56 Å². The number of nitrogens with one attached hydrogen (secondary N) is 1. The van der Waals surface area contributed by atoms with E-state index in [1.54, 1.807) is 0 Å². The van der Waals surface area contributed by atoms with Crippen molar-refractivity contribution in [3.05, 3.63) is 29.8 Å². The zero-order valence-electron chi connectivity index (χ0n) is 15.1. The Balaban J connectivity index is 1.64. The number of hydrogen-bond acceptors (Lipinski definition) is 2. The Hall–Kier alpha value is -1.51. The number of hydrogen-bond donors (Lipinski definition) is 1. The van der Waals surface area contributed by atoms with Gasteiger partial charge in [-0.3, -0.25) is 4.79 Å². The first-order valence-electron chi connectivity index (χ1n) is 9.86. The van der Waals surface area contributed by atoms with Gasteiger partial charge in [-0.25, -0.2) is 0 Å². The third-order valence-corrected chi connectivity index (χ3v) is 5.91. The number of amides is 1. The smallest absolute Gasteiger partial charge is 0.255 e. The number of benzene rings is 1. The van der Waals surface area contributed by atoms with Gasteiger partial charge in [0, 0.05) is 25.3 Å². The van der Waals surface area contributed by atoms with Crippen molar-refractivity contribution in [3.63, 3.8) is 0 Å². The zero-order valence-corrected chi connectivity index (χ0v) is 15.1. The molecule has 132 valence electrons. The van der Waals surface area contributed by atoms with Gasteiger partial charge in [0.2, 0.25) is 0 Å². The van der Waals surface area contributed by atoms with E-state index in [1.165, 1.54) is 51.4 Å². The lowest BCUT2D eigenvalue weighted by Crippen LogP contribution is -2.38. The van der Waals surface area contributed by atoms with Gasteiger partial charge in [0.15, 0.2) is 0 Å². The van der Waals surface area contributed by atoms with Crippen molar-refractivity contribution in [2.24, 2.45) is 5.92 Å². The SMILES string of the molecule is CN(C(=O)c1ccccc1NCC1CCCCC1)C1CCCCC1. The van der Waals surface area contributed by atoms with Gasteiger partial charge >= 0.3 is 0 Å². The van der Waals surface area contributed by atoms with Crippen molar-refractivity contribution < 1.29 is 4.79 Å². The van der Waals surface area contributed by atoms with E-state index in [2.05, 4.69) is 11.4 Å². The molecule has 3 nitrogen and oxygen atoms in total. The van der Waals surface area contributed by atoms with Crippen LogP contribution in [0.5, 0.6) is 0 Å². The summed E-state index contributed by atoms with van der Waals surface area (Å²) >= 11 is 0. The Morgan fingerprint density at radius 2 is 1.62 bits per heavy atom. The van der Waals surface area contributed by atoms with Crippen molar-refractivity contribution >= 4 is 11.6 Å². The molecule has 2 saturated carbocycles. The Bertz CT molecular complexity index is 530. The van der Waals surface area contributed by atoms with Gasteiger partial charge in [-0.1, -0.05) is 50.7 Å². The van der Waals surface area contributed by atoms with Crippen LogP contribution >= 0.6 is 0 Å². The van der Waals surface area contributed by atoms with Crippen LogP contribution in [0.1, 0.15) is 74.6 Å². The Labute approximate surface area is 146 Å². The first-order valence-corrected chi connectivity index (χ1v) is 9.86. The van der Waals surface area contributed by atoms with Crippen LogP contribution in [0.15, 0.2) is 24.3 Å². The lowest BCUT2D eigenvalue weighted by molar-refractivity contribution is 0.0697. The maximum Gasteiger partial charge on any atom is 0.255 e. The molecule has 2 aliphatic carbocycles. The van der Waals surface area contributed by atoms with Gasteiger partial charge in [-0.15, -0.1) is 0 Å². The third kappa shape index (κ3) is 4.31. The molecule has 3 heteroatoms. The van der Waals surface area contributed by atoms with E-state index >= 15 is 0 Å². The predicted molar refractivity (Wildman–Crippen MR) is 100 cm³/mol. The summed E-state index contributed by atoms with van der Waals surface area (Å²) in [5.74, 6) is 0.937. The second kappa shape index (κ2) is 8.55. The van der Waals surface area contributed by atoms with Crippen LogP contribution in [0.4, 0.5) is 5.69 Å². The molecule has 3 rings (SSSR count). The topological polar surface area (TPSA) is 32.3 Å². The average Bonchev–Trinajstić information content (AvgIpc) is 2.67. The summed E-state index contributed by atoms with van der Waals surface area (Å²) in [7, 11) is 1.98. The molecule has 2 fully saturated rings. The average molecular weight is 329 g/mol. The van der Waals surface area contributed by atoms with E-state index in [0.29, 0.717) is 6.04 Å². The van der Waals surface area contributed by atoms with E-state index in [1.807, 2.05) is 30.1 Å². The second-order valence-corrected chi connectivity index (χ2v) is 7.64. The van der Waals surface area contributed by atoms with Crippen LogP contribution in [-0.2, 0) is 0 Å². The fraction of sp³-hybridized carbons (Fsp3) is 0.667. The summed E-state index contributed by atoms with van der Waals surface area (Å²) in [4.78, 5) is 15.0. The van der Waals surface area contributed by atoms with Crippen molar-refractivity contribution in [3.8, 4) is 0 Å². The standard InChI is InChI=1S/C21H32N2O/c1-23(18-12-6-3-7-13-18)21(24)19-14-8-9-15-20(19)22-16-17-10-4-2-5-11-17/h8-9,14-15,17-18,22H,2-7,10-13,16H2,1H3. The Morgan fingerprint density at radius 3 is 2.33 bits per heavy atom. The molecule has 0 radical (unpaired) electrons. The van der Waals surface area contributed by atoms with E-state index in [9.17, 15) is 4.79 Å². The fourth-order valence-electron chi connectivity index (χ4n) is 4.29. The van der Waals surface area contributed by atoms with E-state index in [4.69, 9.17) is 0 Å². The first-order chi connectivity index (χ1) is 11.8. The molecule has 0 saturated heterocycles. The molecule has 24 heavy (non-hydrogen) atoms. The van der Waals surface area contributed by atoms with Crippen LogP contribution in [0.25, 0.3) is 0 Å². The highest BCUT2D eigenvalue weighted by atomic mass is 16.2. The van der Waals surface area contributed by atoms with Crippen LogP contribution in [-0.4, -0.2) is 30.4 Å². The highest BCUT2D eigenvalue weighted by Crippen LogP contribution is 2.27. The normalized spacial score (nSPS) is 19.9. The largest absolute Gasteiger partial charge is 0.384 e. The molecule has 1 amide bonds. The number of nitrogens with zero attached hydrogens (tertiary/aromatic N) is 1. The molecule has 0 aliphatic heterocycles. The van der Waals surface area contributed by atoms with Crippen molar-refractivity contribution in [2.75, 3.05) is 18.9 Å². The molecule has 0 atom stereocenters. The van der Waals surface area contributed by atoms with Crippen molar-refractivity contribution in [2.45, 2.75) is 70.3 Å². The lowest BCUT2D eigenvalue weighted by atomic mass is 9.89. The minimum absolute atomic E-state index is 0.175. The summed E-state index contributed by atoms with van der Waals surface area (Å²) in [5.41, 5.74) is 1.84. The van der Waals surface area contributed by atoms with Gasteiger partial charge in [0.25, 0.3) is 5.91 Å². The summed E-state index contributed by atoms with van der Waals surface area (Å²) in [6.45, 7) is 0.997. The molecule has 0 spiro atoms. The predicted octanol–water partition coefficient (Wildman–Crippen LogP) is 5.08. The lowest BCUT2D eigenvalue weighted by Gasteiger charge is -2.32. The summed E-state index contributed by atoms with van der Waals surface area (Å²) in [5, 5.41) is 3.57. The van der Waals surface area contributed by atoms with Gasteiger partial charge in [-0.2, -0.15) is 0 Å². The Morgan fingerprint density at radius 1 is 1.00 bits per heavy atom. The highest BCUT2D eigenvalue weighted by molar-refractivity contribution is 5.99. The van der Waals surface area contributed by atoms with Crippen LogP contribution < -0.4 is 5.32 Å². The molecule has 0 bridgehead atoms. The number of anilines is 1. The molecule has 0 heterocycles. The minimum Gasteiger partial charge on any atom is -0.384 e. The van der Waals surface area contributed by atoms with Crippen molar-refractivity contribution in [1.29, 1.82) is 0 Å². The van der Waals surface area contributed by atoms with E-state index < -0.39 is 0 Å². The number of para-hydroxylation sites is 1. The maximum atomic E-state index is 13.0. The molecule has 0 aromatic heterocycles. The second-order valence-electron chi connectivity index (χ2n) is 7.64. The first kappa shape index (κ1) is 17.3. The fourth-order valence-corrected chi connectivity index (χ4v) is 4.29. The van der Waals surface area contributed by atoms with Crippen LogP contribution in [0, 0.1) is 5.92 Å². The molecular weight excluding hydrogens is 296 g/mol. The zero-order chi connectivity index (χ0) is 16.8. The van der Waals surface area contributed by atoms with Crippen molar-refractivity contribution in [1.82, 2.24) is 4.90 Å². The molecule has 1 N–H and O–H groups in total. The number of carbonyl (C=O) groups is 1. The van der Waals surface area contributed by atoms with Crippen LogP contribution in [0.3, 0.4) is 0 Å². The Kier molecular flexibility index (Phi) is 6.17. The molecule has 1 aromatic carbocycles. The number of rotatable bonds is 5. The van der Waals surface area contributed by atoms with E-state index in [0.717, 1.165) is 36.6 Å².